The third-order valence-electron chi connectivity index (χ3n) is 4.85. The first-order chi connectivity index (χ1) is 11.7. The molecule has 0 spiro atoms. The number of aromatic nitrogens is 1. The minimum atomic E-state index is -0.374. The van der Waals surface area contributed by atoms with Crippen molar-refractivity contribution in [3.8, 4) is 5.75 Å². The van der Waals surface area contributed by atoms with E-state index in [2.05, 4.69) is 22.5 Å². The van der Waals surface area contributed by atoms with E-state index < -0.39 is 0 Å². The van der Waals surface area contributed by atoms with Gasteiger partial charge in [-0.15, -0.1) is 0 Å². The molecular weight excluding hydrogens is 306 g/mol. The second-order valence-corrected chi connectivity index (χ2v) is 6.10. The van der Waals surface area contributed by atoms with Gasteiger partial charge in [0.25, 0.3) is 5.69 Å². The Balaban J connectivity index is 1.86. The van der Waals surface area contributed by atoms with Crippen molar-refractivity contribution in [2.75, 3.05) is 12.4 Å². The van der Waals surface area contributed by atoms with Crippen molar-refractivity contribution < 1.29 is 9.66 Å². The predicted molar refractivity (Wildman–Crippen MR) is 90.2 cm³/mol. The van der Waals surface area contributed by atoms with Gasteiger partial charge in [0.15, 0.2) is 0 Å². The van der Waals surface area contributed by atoms with Crippen LogP contribution in [0.25, 0.3) is 0 Å². The number of fused-ring (bicyclic) bond motifs is 3. The third-order valence-corrected chi connectivity index (χ3v) is 4.85. The van der Waals surface area contributed by atoms with E-state index in [4.69, 9.17) is 4.74 Å². The number of hydrogen-bond acceptors (Lipinski definition) is 5. The average Bonchev–Trinajstić information content (AvgIpc) is 3.10. The molecule has 122 valence electrons. The number of allylic oxidation sites excluding steroid dienone is 2. The van der Waals surface area contributed by atoms with Gasteiger partial charge < -0.3 is 10.1 Å². The number of hydrogen-bond donors (Lipinski definition) is 1. The first kappa shape index (κ1) is 14.7. The Morgan fingerprint density at radius 1 is 1.38 bits per heavy atom. The number of ether oxygens (including phenoxy) is 1. The molecule has 2 aromatic rings. The highest BCUT2D eigenvalue weighted by atomic mass is 16.6. The van der Waals surface area contributed by atoms with Gasteiger partial charge in [0.05, 0.1) is 35.5 Å². The number of nitrogens with one attached hydrogen (secondary N) is 1. The summed E-state index contributed by atoms with van der Waals surface area (Å²) in [6.07, 6.45) is 7.00. The van der Waals surface area contributed by atoms with Crippen LogP contribution in [0.4, 0.5) is 11.4 Å². The van der Waals surface area contributed by atoms with Gasteiger partial charge >= 0.3 is 0 Å². The van der Waals surface area contributed by atoms with E-state index in [1.807, 2.05) is 18.2 Å². The molecule has 0 unspecified atom stereocenters. The fourth-order valence-electron chi connectivity index (χ4n) is 3.77. The molecule has 0 radical (unpaired) electrons. The van der Waals surface area contributed by atoms with Gasteiger partial charge in [-0.25, -0.2) is 0 Å². The SMILES string of the molecule is COc1cc([N+](=O)[O-])cc2c1N[C@@H](c1ccccn1)[C@H]1CC=C[C@H]21. The number of methoxy groups -OCH3 is 1. The lowest BCUT2D eigenvalue weighted by Gasteiger charge is -2.37. The van der Waals surface area contributed by atoms with Crippen LogP contribution in [0, 0.1) is 16.0 Å². The molecule has 0 saturated carbocycles. The highest BCUT2D eigenvalue weighted by Gasteiger charge is 2.40. The maximum Gasteiger partial charge on any atom is 0.273 e. The van der Waals surface area contributed by atoms with E-state index in [0.29, 0.717) is 11.7 Å². The molecule has 6 nitrogen and oxygen atoms in total. The van der Waals surface area contributed by atoms with Gasteiger partial charge in [-0.05, 0) is 30.0 Å². The normalized spacial score (nSPS) is 24.0. The molecule has 2 heterocycles. The van der Waals surface area contributed by atoms with Gasteiger partial charge in [0.2, 0.25) is 0 Å². The van der Waals surface area contributed by atoms with E-state index in [1.54, 1.807) is 12.3 Å². The largest absolute Gasteiger partial charge is 0.494 e. The second-order valence-electron chi connectivity index (χ2n) is 6.10. The van der Waals surface area contributed by atoms with Gasteiger partial charge in [-0.1, -0.05) is 18.2 Å². The average molecular weight is 323 g/mol. The molecule has 3 atom stereocenters. The van der Waals surface area contributed by atoms with Crippen molar-refractivity contribution in [2.24, 2.45) is 5.92 Å². The lowest BCUT2D eigenvalue weighted by Crippen LogP contribution is -2.30. The number of nitro groups is 1. The van der Waals surface area contributed by atoms with Crippen molar-refractivity contribution in [1.29, 1.82) is 0 Å². The monoisotopic (exact) mass is 323 g/mol. The zero-order valence-electron chi connectivity index (χ0n) is 13.2. The summed E-state index contributed by atoms with van der Waals surface area (Å²) in [5.41, 5.74) is 2.78. The van der Waals surface area contributed by atoms with Crippen LogP contribution in [-0.4, -0.2) is 17.0 Å². The summed E-state index contributed by atoms with van der Waals surface area (Å²) in [6, 6.07) is 9.07. The molecule has 0 bridgehead atoms. The van der Waals surface area contributed by atoms with Crippen LogP contribution < -0.4 is 10.1 Å². The Morgan fingerprint density at radius 3 is 2.96 bits per heavy atom. The van der Waals surface area contributed by atoms with Crippen LogP contribution >= 0.6 is 0 Å². The molecule has 0 amide bonds. The number of rotatable bonds is 3. The number of anilines is 1. The molecule has 0 fully saturated rings. The fourth-order valence-corrected chi connectivity index (χ4v) is 3.77. The Kier molecular flexibility index (Phi) is 3.45. The number of benzene rings is 1. The zero-order chi connectivity index (χ0) is 16.7. The standard InChI is InChI=1S/C18H17N3O3/c1-24-16-10-11(21(22)23)9-14-12-5-4-6-13(12)17(20-18(14)16)15-7-2-3-8-19-15/h2-5,7-10,12-13,17,20H,6H2,1H3/t12-,13-,17+/m0/s1. The van der Waals surface area contributed by atoms with Crippen LogP contribution in [0.1, 0.15) is 29.6 Å². The molecule has 1 aromatic heterocycles. The first-order valence-electron chi connectivity index (χ1n) is 7.89. The molecule has 24 heavy (non-hydrogen) atoms. The quantitative estimate of drug-likeness (QED) is 0.528. The van der Waals surface area contributed by atoms with Crippen LogP contribution in [0.2, 0.25) is 0 Å². The van der Waals surface area contributed by atoms with Crippen molar-refractivity contribution in [1.82, 2.24) is 4.98 Å². The fraction of sp³-hybridized carbons (Fsp3) is 0.278. The van der Waals surface area contributed by atoms with E-state index in [9.17, 15) is 10.1 Å². The van der Waals surface area contributed by atoms with E-state index >= 15 is 0 Å². The summed E-state index contributed by atoms with van der Waals surface area (Å²) in [4.78, 5) is 15.4. The summed E-state index contributed by atoms with van der Waals surface area (Å²) >= 11 is 0. The highest BCUT2D eigenvalue weighted by molar-refractivity contribution is 5.70. The molecule has 0 saturated heterocycles. The first-order valence-corrected chi connectivity index (χ1v) is 7.89. The Hall–Kier alpha value is -2.89. The molecule has 1 aliphatic heterocycles. The Labute approximate surface area is 139 Å². The van der Waals surface area contributed by atoms with Gasteiger partial charge in [-0.3, -0.25) is 15.1 Å². The summed E-state index contributed by atoms with van der Waals surface area (Å²) in [5.74, 6) is 0.917. The highest BCUT2D eigenvalue weighted by Crippen LogP contribution is 2.52. The Morgan fingerprint density at radius 2 is 2.25 bits per heavy atom. The van der Waals surface area contributed by atoms with E-state index in [0.717, 1.165) is 23.4 Å². The van der Waals surface area contributed by atoms with E-state index in [1.165, 1.54) is 13.2 Å². The van der Waals surface area contributed by atoms with Crippen molar-refractivity contribution in [3.63, 3.8) is 0 Å². The summed E-state index contributed by atoms with van der Waals surface area (Å²) < 4.78 is 5.42. The topological polar surface area (TPSA) is 77.3 Å². The smallest absolute Gasteiger partial charge is 0.273 e. The van der Waals surface area contributed by atoms with Crippen LogP contribution in [0.5, 0.6) is 5.75 Å². The van der Waals surface area contributed by atoms with Gasteiger partial charge in [-0.2, -0.15) is 0 Å². The number of nitrogens with zero attached hydrogens (tertiary/aromatic N) is 2. The molecule has 2 aliphatic rings. The molecule has 4 rings (SSSR count). The van der Waals surface area contributed by atoms with Crippen LogP contribution in [0.15, 0.2) is 48.7 Å². The van der Waals surface area contributed by atoms with E-state index in [-0.39, 0.29) is 22.6 Å². The van der Waals surface area contributed by atoms with Crippen molar-refractivity contribution in [3.05, 3.63) is 70.1 Å². The van der Waals surface area contributed by atoms with Gasteiger partial charge in [0.1, 0.15) is 5.75 Å². The molecule has 1 aromatic carbocycles. The number of non-ortho nitro benzene ring substituents is 1. The zero-order valence-corrected chi connectivity index (χ0v) is 13.2. The minimum Gasteiger partial charge on any atom is -0.494 e. The number of pyridine rings is 1. The maximum absolute atomic E-state index is 11.2. The molecular formula is C18H17N3O3. The number of nitro benzene ring substituents is 1. The predicted octanol–water partition coefficient (Wildman–Crippen LogP) is 3.82. The second kappa shape index (κ2) is 5.63. The summed E-state index contributed by atoms with van der Waals surface area (Å²) in [6.45, 7) is 0. The molecule has 1 aliphatic carbocycles. The summed E-state index contributed by atoms with van der Waals surface area (Å²) in [5, 5.41) is 14.8. The minimum absolute atomic E-state index is 0.0501. The Bertz CT molecular complexity index is 820. The van der Waals surface area contributed by atoms with Gasteiger partial charge in [0, 0.05) is 18.2 Å². The maximum atomic E-state index is 11.2. The van der Waals surface area contributed by atoms with Crippen molar-refractivity contribution in [2.45, 2.75) is 18.4 Å². The van der Waals surface area contributed by atoms with Crippen LogP contribution in [0.3, 0.4) is 0 Å². The summed E-state index contributed by atoms with van der Waals surface area (Å²) in [7, 11) is 1.54. The molecule has 1 N–H and O–H groups in total. The lowest BCUT2D eigenvalue weighted by molar-refractivity contribution is -0.385. The molecule has 6 heteroatoms. The van der Waals surface area contributed by atoms with Crippen molar-refractivity contribution >= 4 is 11.4 Å². The third kappa shape index (κ3) is 2.22. The lowest BCUT2D eigenvalue weighted by atomic mass is 9.78. The van der Waals surface area contributed by atoms with Crippen LogP contribution in [-0.2, 0) is 0 Å².